The first-order valence-corrected chi connectivity index (χ1v) is 10.7. The molecular formula is C23H32O6. The van der Waals surface area contributed by atoms with Crippen LogP contribution in [0.3, 0.4) is 0 Å². The average molecular weight is 405 g/mol. The van der Waals surface area contributed by atoms with E-state index in [1.54, 1.807) is 12.2 Å². The van der Waals surface area contributed by atoms with E-state index in [9.17, 15) is 24.9 Å². The molecule has 0 aromatic carbocycles. The second kappa shape index (κ2) is 6.76. The van der Waals surface area contributed by atoms with Crippen molar-refractivity contribution in [1.29, 1.82) is 0 Å². The molecule has 6 nitrogen and oxygen atoms in total. The van der Waals surface area contributed by atoms with E-state index in [1.807, 2.05) is 13.0 Å². The third kappa shape index (κ3) is 2.87. The van der Waals surface area contributed by atoms with Gasteiger partial charge >= 0.3 is 5.97 Å². The summed E-state index contributed by atoms with van der Waals surface area (Å²) in [7, 11) is 0. The summed E-state index contributed by atoms with van der Waals surface area (Å²) in [4.78, 5) is 23.1. The quantitative estimate of drug-likeness (QED) is 0.621. The minimum atomic E-state index is -1.41. The first kappa shape index (κ1) is 20.8. The Kier molecular flexibility index (Phi) is 4.84. The van der Waals surface area contributed by atoms with E-state index in [1.165, 1.54) is 6.92 Å². The van der Waals surface area contributed by atoms with Crippen molar-refractivity contribution in [3.63, 3.8) is 0 Å². The maximum atomic E-state index is 11.9. The molecule has 160 valence electrons. The van der Waals surface area contributed by atoms with Crippen LogP contribution in [0.1, 0.15) is 52.9 Å². The Morgan fingerprint density at radius 2 is 2.07 bits per heavy atom. The van der Waals surface area contributed by atoms with Crippen molar-refractivity contribution >= 4 is 11.8 Å². The number of fused-ring (bicyclic) bond motifs is 5. The van der Waals surface area contributed by atoms with Crippen molar-refractivity contribution in [1.82, 2.24) is 0 Å². The predicted octanol–water partition coefficient (Wildman–Crippen LogP) is 1.92. The maximum Gasteiger partial charge on any atom is 0.302 e. The van der Waals surface area contributed by atoms with Gasteiger partial charge in [0.25, 0.3) is 0 Å². The smallest absolute Gasteiger partial charge is 0.302 e. The van der Waals surface area contributed by atoms with Crippen LogP contribution in [-0.2, 0) is 14.3 Å². The van der Waals surface area contributed by atoms with Crippen LogP contribution in [-0.4, -0.2) is 51.5 Å². The fourth-order valence-electron chi connectivity index (χ4n) is 7.25. The topological polar surface area (TPSA) is 104 Å². The highest BCUT2D eigenvalue weighted by atomic mass is 16.5. The molecule has 3 N–H and O–H groups in total. The lowest BCUT2D eigenvalue weighted by molar-refractivity contribution is -0.207. The number of carbonyl (C=O) groups excluding carboxylic acids is 2. The Labute approximate surface area is 171 Å². The molecule has 0 unspecified atom stereocenters. The van der Waals surface area contributed by atoms with Crippen LogP contribution in [0.4, 0.5) is 0 Å². The molecule has 8 atom stereocenters. The van der Waals surface area contributed by atoms with Crippen molar-refractivity contribution in [2.45, 2.75) is 70.7 Å². The van der Waals surface area contributed by atoms with Crippen LogP contribution in [0.15, 0.2) is 23.8 Å². The molecule has 0 spiro atoms. The van der Waals surface area contributed by atoms with Crippen LogP contribution in [0.5, 0.6) is 0 Å². The molecule has 0 radical (unpaired) electrons. The summed E-state index contributed by atoms with van der Waals surface area (Å²) >= 11 is 0. The van der Waals surface area contributed by atoms with Gasteiger partial charge in [-0.15, -0.1) is 0 Å². The Morgan fingerprint density at radius 1 is 1.34 bits per heavy atom. The zero-order valence-electron chi connectivity index (χ0n) is 17.4. The van der Waals surface area contributed by atoms with Gasteiger partial charge in [-0.1, -0.05) is 25.5 Å². The van der Waals surface area contributed by atoms with Gasteiger partial charge in [0.05, 0.1) is 11.7 Å². The lowest BCUT2D eigenvalue weighted by atomic mass is 9.46. The molecule has 0 heterocycles. The highest BCUT2D eigenvalue weighted by molar-refractivity contribution is 6.01. The third-order valence-electron chi connectivity index (χ3n) is 8.71. The minimum Gasteiger partial charge on any atom is -0.463 e. The number of hydrogen-bond acceptors (Lipinski definition) is 6. The number of hydrogen-bond donors (Lipinski definition) is 3. The summed E-state index contributed by atoms with van der Waals surface area (Å²) in [5.41, 5.74) is -1.33. The van der Waals surface area contributed by atoms with Crippen molar-refractivity contribution < 1.29 is 29.6 Å². The molecule has 29 heavy (non-hydrogen) atoms. The van der Waals surface area contributed by atoms with Gasteiger partial charge in [-0.25, -0.2) is 0 Å². The molecule has 0 aromatic rings. The zero-order valence-corrected chi connectivity index (χ0v) is 17.4. The van der Waals surface area contributed by atoms with Gasteiger partial charge in [-0.3, -0.25) is 9.59 Å². The molecular weight excluding hydrogens is 372 g/mol. The summed E-state index contributed by atoms with van der Waals surface area (Å²) in [6.45, 7) is 5.12. The zero-order chi connectivity index (χ0) is 21.2. The monoisotopic (exact) mass is 404 g/mol. The van der Waals surface area contributed by atoms with Gasteiger partial charge in [0, 0.05) is 23.7 Å². The molecule has 0 bridgehead atoms. The Hall–Kier alpha value is -1.50. The molecule has 6 heteroatoms. The summed E-state index contributed by atoms with van der Waals surface area (Å²) in [6.07, 6.45) is 6.68. The number of esters is 1. The number of ketones is 1. The van der Waals surface area contributed by atoms with Crippen molar-refractivity contribution in [3.05, 3.63) is 23.8 Å². The number of allylic oxidation sites excluding steroid dienone is 4. The molecule has 3 saturated carbocycles. The van der Waals surface area contributed by atoms with Crippen LogP contribution >= 0.6 is 0 Å². The molecule has 4 rings (SSSR count). The largest absolute Gasteiger partial charge is 0.463 e. The molecule has 0 saturated heterocycles. The van der Waals surface area contributed by atoms with E-state index < -0.39 is 29.2 Å². The third-order valence-corrected chi connectivity index (χ3v) is 8.71. The lowest BCUT2D eigenvalue weighted by Gasteiger charge is -2.60. The van der Waals surface area contributed by atoms with Gasteiger partial charge in [0.15, 0.2) is 5.78 Å². The number of carbonyl (C=O) groups is 2. The number of rotatable bonds is 3. The number of aliphatic hydroxyl groups is 3. The maximum absolute atomic E-state index is 11.9. The van der Waals surface area contributed by atoms with Gasteiger partial charge in [-0.2, -0.15) is 0 Å². The number of aliphatic hydroxyl groups excluding tert-OH is 2. The van der Waals surface area contributed by atoms with E-state index in [0.29, 0.717) is 12.8 Å². The summed E-state index contributed by atoms with van der Waals surface area (Å²) in [6, 6.07) is 0. The summed E-state index contributed by atoms with van der Waals surface area (Å²) in [5, 5.41) is 33.6. The van der Waals surface area contributed by atoms with E-state index in [0.717, 1.165) is 24.8 Å². The van der Waals surface area contributed by atoms with Gasteiger partial charge < -0.3 is 20.1 Å². The first-order valence-electron chi connectivity index (χ1n) is 10.7. The van der Waals surface area contributed by atoms with Gasteiger partial charge in [0.2, 0.25) is 0 Å². The highest BCUT2D eigenvalue weighted by Gasteiger charge is 2.67. The van der Waals surface area contributed by atoms with E-state index in [2.05, 4.69) is 6.92 Å². The van der Waals surface area contributed by atoms with E-state index in [4.69, 9.17) is 4.74 Å². The normalized spacial score (nSPS) is 47.0. The van der Waals surface area contributed by atoms with Gasteiger partial charge in [0.1, 0.15) is 12.7 Å². The van der Waals surface area contributed by atoms with Crippen molar-refractivity contribution in [3.8, 4) is 0 Å². The molecule has 4 aliphatic rings. The van der Waals surface area contributed by atoms with Crippen molar-refractivity contribution in [2.24, 2.45) is 28.6 Å². The summed E-state index contributed by atoms with van der Waals surface area (Å²) in [5.74, 6) is -0.155. The second-order valence-electron chi connectivity index (χ2n) is 9.99. The molecule has 3 fully saturated rings. The van der Waals surface area contributed by atoms with E-state index in [-0.39, 0.29) is 35.6 Å². The number of ether oxygens (including phenoxy) is 1. The SMILES string of the molecule is CC(=O)OC[C@H](O)[C@]1(O)CC[C@H]2[C@@H]3CCC4=CC(=O)C=C[C@]4(C)[C@H]3[C@@H](O)C[C@@]21C. The minimum absolute atomic E-state index is 0.00916. The molecule has 0 amide bonds. The lowest BCUT2D eigenvalue weighted by Crippen LogP contribution is -2.62. The molecule has 0 aromatic heterocycles. The molecule has 4 aliphatic carbocycles. The highest BCUT2D eigenvalue weighted by Crippen LogP contribution is 2.67. The fraction of sp³-hybridized carbons (Fsp3) is 0.739. The van der Waals surface area contributed by atoms with Crippen LogP contribution < -0.4 is 0 Å². The molecule has 0 aliphatic heterocycles. The van der Waals surface area contributed by atoms with E-state index >= 15 is 0 Å². The van der Waals surface area contributed by atoms with Gasteiger partial charge in [-0.05, 0) is 56.1 Å². The standard InChI is InChI=1S/C23H32O6/c1-13(24)29-12-19(27)23(28)9-7-17-16-5-4-14-10-15(25)6-8-21(14,2)20(16)18(26)11-22(17,23)3/h6,8,10,16-20,26-28H,4-5,7,9,11-12H2,1-3H3/t16-,17-,18-,19-,20+,21-,22-,23+/m0/s1. The fourth-order valence-corrected chi connectivity index (χ4v) is 7.25. The Bertz CT molecular complexity index is 786. The first-order chi connectivity index (χ1) is 13.5. The second-order valence-corrected chi connectivity index (χ2v) is 9.99. The van der Waals surface area contributed by atoms with Crippen LogP contribution in [0.2, 0.25) is 0 Å². The van der Waals surface area contributed by atoms with Crippen LogP contribution in [0, 0.1) is 28.6 Å². The Morgan fingerprint density at radius 3 is 2.76 bits per heavy atom. The van der Waals surface area contributed by atoms with Crippen LogP contribution in [0.25, 0.3) is 0 Å². The summed E-state index contributed by atoms with van der Waals surface area (Å²) < 4.78 is 4.98. The van der Waals surface area contributed by atoms with Crippen molar-refractivity contribution in [2.75, 3.05) is 6.61 Å². The average Bonchev–Trinajstić information content (AvgIpc) is 2.91. The predicted molar refractivity (Wildman–Crippen MR) is 106 cm³/mol. The Balaban J connectivity index is 1.65.